The smallest absolute Gasteiger partial charge is 0.169 e. The van der Waals surface area contributed by atoms with E-state index in [9.17, 15) is 4.79 Å². The molecule has 3 nitrogen and oxygen atoms in total. The van der Waals surface area contributed by atoms with Crippen LogP contribution in [0.1, 0.15) is 22.2 Å². The van der Waals surface area contributed by atoms with Crippen LogP contribution in [-0.4, -0.2) is 37.7 Å². The average molecular weight is 210 g/mol. The monoisotopic (exact) mass is 210 g/mol. The van der Waals surface area contributed by atoms with E-state index in [4.69, 9.17) is 0 Å². The second-order valence-electron chi connectivity index (χ2n) is 3.20. The molecule has 0 unspecified atom stereocenters. The van der Waals surface area contributed by atoms with Crippen molar-refractivity contribution in [1.82, 2.24) is 4.90 Å². The molecule has 0 aliphatic rings. The van der Waals surface area contributed by atoms with Crippen molar-refractivity contribution in [3.63, 3.8) is 0 Å². The number of aliphatic imine (C=N–C) groups is 1. The predicted octanol–water partition coefficient (Wildman–Crippen LogP) is 1.89. The Labute approximate surface area is 88.1 Å². The van der Waals surface area contributed by atoms with E-state index in [0.29, 0.717) is 0 Å². The number of hydrogen-bond donors (Lipinski definition) is 0. The molecule has 76 valence electrons. The first kappa shape index (κ1) is 10.9. The van der Waals surface area contributed by atoms with Gasteiger partial charge < -0.3 is 4.90 Å². The summed E-state index contributed by atoms with van der Waals surface area (Å²) in [5.41, 5.74) is 1.01. The molecular formula is C10H14N2OS. The van der Waals surface area contributed by atoms with E-state index >= 15 is 0 Å². The number of ketones is 1. The van der Waals surface area contributed by atoms with Gasteiger partial charge in [-0.15, -0.1) is 11.3 Å². The minimum absolute atomic E-state index is 0.107. The standard InChI is InChI=1S/C10H14N2OS/c1-7(13)9-5-8(6-14-9)10(11-2)12(3)4/h5-6H,1-4H3. The molecule has 0 bridgehead atoms. The van der Waals surface area contributed by atoms with Crippen molar-refractivity contribution in [3.05, 3.63) is 21.9 Å². The van der Waals surface area contributed by atoms with E-state index in [1.807, 2.05) is 30.4 Å². The number of thiophene rings is 1. The summed E-state index contributed by atoms with van der Waals surface area (Å²) in [6, 6.07) is 1.88. The van der Waals surface area contributed by atoms with E-state index < -0.39 is 0 Å². The van der Waals surface area contributed by atoms with Gasteiger partial charge in [0.2, 0.25) is 0 Å². The van der Waals surface area contributed by atoms with Crippen molar-refractivity contribution in [2.45, 2.75) is 6.92 Å². The van der Waals surface area contributed by atoms with Crippen LogP contribution in [0.4, 0.5) is 0 Å². The minimum atomic E-state index is 0.107. The van der Waals surface area contributed by atoms with Crippen molar-refractivity contribution in [1.29, 1.82) is 0 Å². The maximum absolute atomic E-state index is 11.1. The highest BCUT2D eigenvalue weighted by atomic mass is 32.1. The van der Waals surface area contributed by atoms with Crippen LogP contribution in [0.2, 0.25) is 0 Å². The lowest BCUT2D eigenvalue weighted by Gasteiger charge is -2.13. The molecule has 0 radical (unpaired) electrons. The molecule has 1 rings (SSSR count). The van der Waals surface area contributed by atoms with Crippen molar-refractivity contribution in [2.75, 3.05) is 21.1 Å². The Hall–Kier alpha value is -1.16. The topological polar surface area (TPSA) is 32.7 Å². The summed E-state index contributed by atoms with van der Waals surface area (Å²) in [4.78, 5) is 18.0. The third kappa shape index (κ3) is 2.20. The van der Waals surface area contributed by atoms with Crippen LogP contribution in [-0.2, 0) is 0 Å². The summed E-state index contributed by atoms with van der Waals surface area (Å²) in [7, 11) is 5.63. The number of Topliss-reactive ketones (excluding diaryl/α,β-unsaturated/α-hetero) is 1. The van der Waals surface area contributed by atoms with E-state index in [1.54, 1.807) is 14.0 Å². The summed E-state index contributed by atoms with van der Waals surface area (Å²) >= 11 is 1.46. The largest absolute Gasteiger partial charge is 0.363 e. The number of carbonyl (C=O) groups is 1. The van der Waals surface area contributed by atoms with Gasteiger partial charge in [-0.05, 0) is 13.0 Å². The molecule has 1 aromatic heterocycles. The van der Waals surface area contributed by atoms with Crippen LogP contribution >= 0.6 is 11.3 Å². The summed E-state index contributed by atoms with van der Waals surface area (Å²) in [6.45, 7) is 1.58. The predicted molar refractivity (Wildman–Crippen MR) is 60.5 cm³/mol. The number of amidine groups is 1. The molecule has 14 heavy (non-hydrogen) atoms. The molecule has 0 fully saturated rings. The molecule has 0 spiro atoms. The second kappa shape index (κ2) is 4.37. The number of nitrogens with zero attached hydrogens (tertiary/aromatic N) is 2. The summed E-state index contributed by atoms with van der Waals surface area (Å²) < 4.78 is 0. The first-order chi connectivity index (χ1) is 6.56. The maximum atomic E-state index is 11.1. The zero-order valence-electron chi connectivity index (χ0n) is 8.87. The quantitative estimate of drug-likeness (QED) is 0.424. The fraction of sp³-hybridized carbons (Fsp3) is 0.400. The number of carbonyl (C=O) groups excluding carboxylic acids is 1. The van der Waals surface area contributed by atoms with Crippen LogP contribution in [0, 0.1) is 0 Å². The van der Waals surface area contributed by atoms with E-state index in [0.717, 1.165) is 16.3 Å². The van der Waals surface area contributed by atoms with Gasteiger partial charge >= 0.3 is 0 Å². The fourth-order valence-electron chi connectivity index (χ4n) is 1.23. The summed E-state index contributed by atoms with van der Waals surface area (Å²) in [6.07, 6.45) is 0. The minimum Gasteiger partial charge on any atom is -0.363 e. The molecule has 0 aliphatic carbocycles. The van der Waals surface area contributed by atoms with Crippen LogP contribution in [0.25, 0.3) is 0 Å². The highest BCUT2D eigenvalue weighted by molar-refractivity contribution is 7.12. The number of rotatable bonds is 2. The first-order valence-corrected chi connectivity index (χ1v) is 5.18. The Bertz CT molecular complexity index is 366. The van der Waals surface area contributed by atoms with Gasteiger partial charge in [-0.25, -0.2) is 0 Å². The van der Waals surface area contributed by atoms with Crippen molar-refractivity contribution >= 4 is 23.0 Å². The molecule has 0 atom stereocenters. The Morgan fingerprint density at radius 3 is 2.50 bits per heavy atom. The molecule has 0 aromatic carbocycles. The Balaban J connectivity index is 3.02. The number of hydrogen-bond acceptors (Lipinski definition) is 3. The normalized spacial score (nSPS) is 11.6. The molecule has 0 N–H and O–H groups in total. The summed E-state index contributed by atoms with van der Waals surface area (Å²) in [5.74, 6) is 1.00. The van der Waals surface area contributed by atoms with Crippen LogP contribution in [0.3, 0.4) is 0 Å². The van der Waals surface area contributed by atoms with Crippen molar-refractivity contribution < 1.29 is 4.79 Å². The molecule has 1 heterocycles. The fourth-order valence-corrected chi connectivity index (χ4v) is 2.01. The van der Waals surface area contributed by atoms with Crippen LogP contribution in [0.5, 0.6) is 0 Å². The SMILES string of the molecule is CN=C(c1csc(C(C)=O)c1)N(C)C. The van der Waals surface area contributed by atoms with E-state index in [2.05, 4.69) is 4.99 Å². The van der Waals surface area contributed by atoms with Crippen molar-refractivity contribution in [3.8, 4) is 0 Å². The third-order valence-electron chi connectivity index (χ3n) is 1.84. The molecular weight excluding hydrogens is 196 g/mol. The Morgan fingerprint density at radius 2 is 2.14 bits per heavy atom. The van der Waals surface area contributed by atoms with Gasteiger partial charge in [0, 0.05) is 32.1 Å². The molecule has 0 amide bonds. The highest BCUT2D eigenvalue weighted by Gasteiger charge is 2.09. The van der Waals surface area contributed by atoms with Gasteiger partial charge in [0.1, 0.15) is 5.84 Å². The van der Waals surface area contributed by atoms with Gasteiger partial charge in [0.05, 0.1) is 4.88 Å². The van der Waals surface area contributed by atoms with E-state index in [-0.39, 0.29) is 5.78 Å². The molecule has 4 heteroatoms. The zero-order chi connectivity index (χ0) is 10.7. The second-order valence-corrected chi connectivity index (χ2v) is 4.11. The van der Waals surface area contributed by atoms with Gasteiger partial charge in [0.15, 0.2) is 5.78 Å². The van der Waals surface area contributed by atoms with Gasteiger partial charge in [-0.3, -0.25) is 9.79 Å². The average Bonchev–Trinajstić information content (AvgIpc) is 2.53. The third-order valence-corrected chi connectivity index (χ3v) is 2.87. The Kier molecular flexibility index (Phi) is 3.41. The zero-order valence-corrected chi connectivity index (χ0v) is 9.68. The van der Waals surface area contributed by atoms with Crippen LogP contribution < -0.4 is 0 Å². The molecule has 0 saturated carbocycles. The molecule has 1 aromatic rings. The van der Waals surface area contributed by atoms with E-state index in [1.165, 1.54) is 11.3 Å². The summed E-state index contributed by atoms with van der Waals surface area (Å²) in [5, 5.41) is 1.96. The highest BCUT2D eigenvalue weighted by Crippen LogP contribution is 2.16. The lowest BCUT2D eigenvalue weighted by Crippen LogP contribution is -2.22. The lowest BCUT2D eigenvalue weighted by atomic mass is 10.2. The maximum Gasteiger partial charge on any atom is 0.169 e. The van der Waals surface area contributed by atoms with Gasteiger partial charge in [-0.1, -0.05) is 0 Å². The first-order valence-electron chi connectivity index (χ1n) is 4.30. The Morgan fingerprint density at radius 1 is 1.50 bits per heavy atom. The molecule has 0 aliphatic heterocycles. The lowest BCUT2D eigenvalue weighted by molar-refractivity contribution is 0.102. The van der Waals surface area contributed by atoms with Gasteiger partial charge in [-0.2, -0.15) is 0 Å². The van der Waals surface area contributed by atoms with Gasteiger partial charge in [0.25, 0.3) is 0 Å². The van der Waals surface area contributed by atoms with Crippen LogP contribution in [0.15, 0.2) is 16.4 Å². The van der Waals surface area contributed by atoms with Crippen molar-refractivity contribution in [2.24, 2.45) is 4.99 Å². The molecule has 0 saturated heterocycles.